The average Bonchev–Trinajstić information content (AvgIpc) is 2.19. The van der Waals surface area contributed by atoms with Crippen LogP contribution in [0.5, 0.6) is 0 Å². The van der Waals surface area contributed by atoms with Gasteiger partial charge in [0, 0.05) is 6.04 Å². The first-order valence-electron chi connectivity index (χ1n) is 4.94. The van der Waals surface area contributed by atoms with E-state index in [2.05, 4.69) is 15.6 Å². The Kier molecular flexibility index (Phi) is 11.5. The van der Waals surface area contributed by atoms with Crippen molar-refractivity contribution in [3.05, 3.63) is 23.4 Å². The van der Waals surface area contributed by atoms with Crippen molar-refractivity contribution in [1.82, 2.24) is 10.3 Å². The number of hydrogen-bond acceptors (Lipinski definition) is 3. The number of halogens is 4. The summed E-state index contributed by atoms with van der Waals surface area (Å²) in [6.45, 7) is 2.16. The van der Waals surface area contributed by atoms with Crippen molar-refractivity contribution in [3.63, 3.8) is 0 Å². The summed E-state index contributed by atoms with van der Waals surface area (Å²) >= 11 is 5.80. The molecular weight excluding hydrogens is 304 g/mol. The SMILES string of the molecule is Cl.Cl.Cl.Clc1cccc(NC2CCNCC2)n1. The van der Waals surface area contributed by atoms with Gasteiger partial charge < -0.3 is 10.6 Å². The van der Waals surface area contributed by atoms with Crippen molar-refractivity contribution in [2.24, 2.45) is 0 Å². The minimum absolute atomic E-state index is 0. The van der Waals surface area contributed by atoms with Crippen LogP contribution in [0.3, 0.4) is 0 Å². The lowest BCUT2D eigenvalue weighted by Crippen LogP contribution is -2.35. The van der Waals surface area contributed by atoms with Gasteiger partial charge in [-0.05, 0) is 38.1 Å². The second kappa shape index (κ2) is 10.0. The summed E-state index contributed by atoms with van der Waals surface area (Å²) in [5.41, 5.74) is 0. The molecule has 100 valence electrons. The lowest BCUT2D eigenvalue weighted by atomic mass is 10.1. The molecule has 1 aromatic rings. The molecule has 2 heterocycles. The van der Waals surface area contributed by atoms with Crippen LogP contribution in [-0.4, -0.2) is 24.1 Å². The van der Waals surface area contributed by atoms with Crippen LogP contribution in [0.1, 0.15) is 12.8 Å². The van der Waals surface area contributed by atoms with Crippen molar-refractivity contribution in [2.45, 2.75) is 18.9 Å². The fraction of sp³-hybridized carbons (Fsp3) is 0.500. The Balaban J connectivity index is 0. The summed E-state index contributed by atoms with van der Waals surface area (Å²) in [7, 11) is 0. The summed E-state index contributed by atoms with van der Waals surface area (Å²) in [6.07, 6.45) is 2.29. The summed E-state index contributed by atoms with van der Waals surface area (Å²) in [5.74, 6) is 0.879. The molecule has 7 heteroatoms. The van der Waals surface area contributed by atoms with E-state index in [9.17, 15) is 0 Å². The molecule has 0 aromatic carbocycles. The third-order valence-corrected chi connectivity index (χ3v) is 2.62. The van der Waals surface area contributed by atoms with E-state index in [1.807, 2.05) is 12.1 Å². The van der Waals surface area contributed by atoms with Crippen molar-refractivity contribution < 1.29 is 0 Å². The number of nitrogens with zero attached hydrogens (tertiary/aromatic N) is 1. The van der Waals surface area contributed by atoms with E-state index in [0.717, 1.165) is 31.7 Å². The van der Waals surface area contributed by atoms with E-state index in [1.54, 1.807) is 6.07 Å². The van der Waals surface area contributed by atoms with Crippen LogP contribution in [0.4, 0.5) is 5.82 Å². The molecule has 1 aliphatic rings. The van der Waals surface area contributed by atoms with Crippen LogP contribution >= 0.6 is 48.8 Å². The molecule has 1 aliphatic heterocycles. The lowest BCUT2D eigenvalue weighted by Gasteiger charge is -2.24. The van der Waals surface area contributed by atoms with Crippen molar-refractivity contribution >= 4 is 54.6 Å². The van der Waals surface area contributed by atoms with E-state index in [1.165, 1.54) is 0 Å². The maximum atomic E-state index is 5.80. The zero-order valence-electron chi connectivity index (χ0n) is 9.19. The molecule has 0 amide bonds. The highest BCUT2D eigenvalue weighted by molar-refractivity contribution is 6.29. The van der Waals surface area contributed by atoms with E-state index in [0.29, 0.717) is 11.2 Å². The predicted octanol–water partition coefficient (Wildman–Crippen LogP) is 3.16. The van der Waals surface area contributed by atoms with Gasteiger partial charge in [0.2, 0.25) is 0 Å². The molecule has 0 aliphatic carbocycles. The van der Waals surface area contributed by atoms with E-state index in [4.69, 9.17) is 11.6 Å². The van der Waals surface area contributed by atoms with E-state index < -0.39 is 0 Å². The Bertz CT molecular complexity index is 305. The predicted molar refractivity (Wildman–Crippen MR) is 80.5 cm³/mol. The molecule has 2 N–H and O–H groups in total. The minimum atomic E-state index is 0. The largest absolute Gasteiger partial charge is 0.367 e. The number of anilines is 1. The van der Waals surface area contributed by atoms with Gasteiger partial charge in [-0.1, -0.05) is 17.7 Å². The molecule has 0 atom stereocenters. The minimum Gasteiger partial charge on any atom is -0.367 e. The molecule has 1 saturated heterocycles. The molecule has 0 unspecified atom stereocenters. The van der Waals surface area contributed by atoms with Crippen molar-refractivity contribution in [2.75, 3.05) is 18.4 Å². The molecule has 0 spiro atoms. The van der Waals surface area contributed by atoms with Gasteiger partial charge in [-0.15, -0.1) is 37.2 Å². The molecule has 3 nitrogen and oxygen atoms in total. The Labute approximate surface area is 125 Å². The first-order chi connectivity index (χ1) is 6.84. The van der Waals surface area contributed by atoms with Gasteiger partial charge in [-0.3, -0.25) is 0 Å². The Morgan fingerprint density at radius 1 is 1.18 bits per heavy atom. The lowest BCUT2D eigenvalue weighted by molar-refractivity contribution is 0.478. The number of piperidine rings is 1. The third kappa shape index (κ3) is 6.53. The molecule has 0 radical (unpaired) electrons. The number of rotatable bonds is 2. The first kappa shape index (κ1) is 19.4. The second-order valence-electron chi connectivity index (χ2n) is 3.51. The van der Waals surface area contributed by atoms with Gasteiger partial charge in [-0.25, -0.2) is 4.98 Å². The Hall–Kier alpha value is 0.0700. The van der Waals surface area contributed by atoms with Gasteiger partial charge in [0.15, 0.2) is 0 Å². The van der Waals surface area contributed by atoms with E-state index in [-0.39, 0.29) is 37.2 Å². The van der Waals surface area contributed by atoms with Crippen molar-refractivity contribution in [3.8, 4) is 0 Å². The zero-order valence-corrected chi connectivity index (χ0v) is 12.4. The number of aromatic nitrogens is 1. The van der Waals surface area contributed by atoms with Crippen molar-refractivity contribution in [1.29, 1.82) is 0 Å². The van der Waals surface area contributed by atoms with Gasteiger partial charge in [0.05, 0.1) is 0 Å². The van der Waals surface area contributed by atoms with E-state index >= 15 is 0 Å². The molecule has 2 rings (SSSR count). The Morgan fingerprint density at radius 2 is 1.82 bits per heavy atom. The zero-order chi connectivity index (χ0) is 9.80. The van der Waals surface area contributed by atoms with Crippen LogP contribution in [0, 0.1) is 0 Å². The highest BCUT2D eigenvalue weighted by atomic mass is 35.5. The quantitative estimate of drug-likeness (QED) is 0.822. The highest BCUT2D eigenvalue weighted by Gasteiger charge is 2.12. The fourth-order valence-corrected chi connectivity index (χ4v) is 1.83. The van der Waals surface area contributed by atoms with Crippen LogP contribution in [0.15, 0.2) is 18.2 Å². The maximum absolute atomic E-state index is 5.80. The standard InChI is InChI=1S/C10H14ClN3.3ClH/c11-9-2-1-3-10(14-9)13-8-4-6-12-7-5-8;;;/h1-3,8,12H,4-7H2,(H,13,14);3*1H. The van der Waals surface area contributed by atoms with Crippen LogP contribution in [-0.2, 0) is 0 Å². The molecule has 0 bridgehead atoms. The van der Waals surface area contributed by atoms with Crippen LogP contribution in [0.2, 0.25) is 5.15 Å². The topological polar surface area (TPSA) is 37.0 Å². The van der Waals surface area contributed by atoms with Crippen LogP contribution in [0.25, 0.3) is 0 Å². The van der Waals surface area contributed by atoms with Gasteiger partial charge in [0.25, 0.3) is 0 Å². The van der Waals surface area contributed by atoms with Gasteiger partial charge >= 0.3 is 0 Å². The molecule has 1 fully saturated rings. The fourth-order valence-electron chi connectivity index (χ4n) is 1.66. The van der Waals surface area contributed by atoms with Gasteiger partial charge in [0.1, 0.15) is 11.0 Å². The molecule has 0 saturated carbocycles. The molecule has 17 heavy (non-hydrogen) atoms. The average molecular weight is 321 g/mol. The summed E-state index contributed by atoms with van der Waals surface area (Å²) in [5, 5.41) is 7.26. The summed E-state index contributed by atoms with van der Waals surface area (Å²) in [6, 6.07) is 6.18. The smallest absolute Gasteiger partial charge is 0.131 e. The van der Waals surface area contributed by atoms with Gasteiger partial charge in [-0.2, -0.15) is 0 Å². The third-order valence-electron chi connectivity index (χ3n) is 2.41. The number of hydrogen-bond donors (Lipinski definition) is 2. The normalized spacial score (nSPS) is 14.9. The first-order valence-corrected chi connectivity index (χ1v) is 5.32. The number of nitrogens with one attached hydrogen (secondary N) is 2. The molecular formula is C10H17Cl4N3. The van der Waals surface area contributed by atoms with Crippen LogP contribution < -0.4 is 10.6 Å². The maximum Gasteiger partial charge on any atom is 0.131 e. The summed E-state index contributed by atoms with van der Waals surface area (Å²) < 4.78 is 0. The highest BCUT2D eigenvalue weighted by Crippen LogP contribution is 2.13. The monoisotopic (exact) mass is 319 g/mol. The number of pyridine rings is 1. The summed E-state index contributed by atoms with van der Waals surface area (Å²) in [4.78, 5) is 4.20. The molecule has 1 aromatic heterocycles. The Morgan fingerprint density at radius 3 is 2.41 bits per heavy atom. The second-order valence-corrected chi connectivity index (χ2v) is 3.90.